The zero-order valence-corrected chi connectivity index (χ0v) is 39.5. The molecule has 1 aliphatic heterocycles. The molecule has 1 unspecified atom stereocenters. The minimum Gasteiger partial charge on any atom is -0.425 e. The van der Waals surface area contributed by atoms with Crippen molar-refractivity contribution in [1.82, 2.24) is 43.7 Å². The normalized spacial score (nSPS) is 15.4. The van der Waals surface area contributed by atoms with Gasteiger partial charge in [-0.05, 0) is 43.5 Å². The van der Waals surface area contributed by atoms with E-state index in [4.69, 9.17) is 14.2 Å². The van der Waals surface area contributed by atoms with E-state index in [-0.39, 0.29) is 50.5 Å². The SMILES string of the molecule is C=C(CC)CCOCCOCCOCCNC(=O)CCC(c1cccc(=O)n1O)N1CCN(Cc2cccc(=O)n2C)CCN(Cc2cccc(=O)n2O)CCN(Cc2cccc(=O)n2O)CC1. The minimum absolute atomic E-state index is 0.0592. The topological polar surface area (TPSA) is 218 Å². The van der Waals surface area contributed by atoms with Gasteiger partial charge in [0.1, 0.15) is 0 Å². The number of carbonyl (C=O) groups excluding carboxylic acids is 1. The van der Waals surface area contributed by atoms with Crippen molar-refractivity contribution in [2.45, 2.75) is 58.3 Å². The van der Waals surface area contributed by atoms with Crippen LogP contribution in [0.5, 0.6) is 0 Å². The minimum atomic E-state index is -0.626. The smallest absolute Gasteiger partial charge is 0.283 e. The first-order valence-corrected chi connectivity index (χ1v) is 23.3. The molecular formula is C48H69N9O11. The van der Waals surface area contributed by atoms with Crippen LogP contribution in [0.15, 0.2) is 104 Å². The standard InChI is InChI=1S/C48H69N9O11/c1-4-38(2)19-29-66-31-33-68-34-32-67-30-20-49-44(58)18-17-42(43-12-8-16-48(62)57(43)65)54-27-25-52(35-39-9-5-13-45(59)50(39)3)23-21-51(36-40-10-6-14-46(60)55(40)63)22-24-53(26-28-54)37-41-11-7-15-47(61)56(41)64/h5-16,42,63-65H,2,4,17-37H2,1,3H3,(H,49,58). The number of pyridine rings is 4. The van der Waals surface area contributed by atoms with Crippen LogP contribution in [-0.4, -0.2) is 158 Å². The Morgan fingerprint density at radius 2 is 1.03 bits per heavy atom. The highest BCUT2D eigenvalue weighted by molar-refractivity contribution is 5.75. The summed E-state index contributed by atoms with van der Waals surface area (Å²) in [6.45, 7) is 13.1. The van der Waals surface area contributed by atoms with Crippen LogP contribution in [0, 0.1) is 0 Å². The van der Waals surface area contributed by atoms with Gasteiger partial charge in [0, 0.05) is 122 Å². The molecule has 20 nitrogen and oxygen atoms in total. The third-order valence-corrected chi connectivity index (χ3v) is 12.1. The summed E-state index contributed by atoms with van der Waals surface area (Å²) < 4.78 is 20.3. The number of ether oxygens (including phenoxy) is 3. The molecule has 1 amide bonds. The Morgan fingerprint density at radius 1 is 0.588 bits per heavy atom. The molecule has 5 heterocycles. The summed E-state index contributed by atoms with van der Waals surface area (Å²) in [4.78, 5) is 72.4. The molecule has 0 spiro atoms. The Hall–Kier alpha value is -5.87. The van der Waals surface area contributed by atoms with Crippen LogP contribution in [0.25, 0.3) is 0 Å². The number of nitrogens with zero attached hydrogens (tertiary/aromatic N) is 8. The fraction of sp³-hybridized carbons (Fsp3) is 0.521. The zero-order chi connectivity index (χ0) is 48.8. The van der Waals surface area contributed by atoms with Crippen molar-refractivity contribution in [3.05, 3.63) is 149 Å². The van der Waals surface area contributed by atoms with Crippen LogP contribution in [0.2, 0.25) is 0 Å². The van der Waals surface area contributed by atoms with Gasteiger partial charge in [0.2, 0.25) is 11.5 Å². The molecule has 0 aliphatic carbocycles. The van der Waals surface area contributed by atoms with Gasteiger partial charge in [0.25, 0.3) is 16.7 Å². The first-order chi connectivity index (χ1) is 32.8. The first-order valence-electron chi connectivity index (χ1n) is 23.3. The van der Waals surface area contributed by atoms with E-state index in [9.17, 15) is 39.6 Å². The number of carbonyl (C=O) groups is 1. The Morgan fingerprint density at radius 3 is 1.57 bits per heavy atom. The predicted molar refractivity (Wildman–Crippen MR) is 254 cm³/mol. The van der Waals surface area contributed by atoms with Gasteiger partial charge in [-0.3, -0.25) is 43.6 Å². The average molecular weight is 948 g/mol. The number of nitrogens with one attached hydrogen (secondary N) is 1. The van der Waals surface area contributed by atoms with Gasteiger partial charge < -0.3 is 39.7 Å². The molecular weight excluding hydrogens is 879 g/mol. The molecule has 1 saturated heterocycles. The van der Waals surface area contributed by atoms with Gasteiger partial charge in [-0.15, -0.1) is 0 Å². The lowest BCUT2D eigenvalue weighted by Gasteiger charge is -2.38. The van der Waals surface area contributed by atoms with Gasteiger partial charge >= 0.3 is 0 Å². The van der Waals surface area contributed by atoms with Crippen molar-refractivity contribution in [2.24, 2.45) is 7.05 Å². The van der Waals surface area contributed by atoms with Gasteiger partial charge in [-0.2, -0.15) is 14.2 Å². The van der Waals surface area contributed by atoms with E-state index < -0.39 is 22.7 Å². The van der Waals surface area contributed by atoms with Crippen LogP contribution < -0.4 is 27.6 Å². The molecule has 4 aromatic heterocycles. The van der Waals surface area contributed by atoms with Gasteiger partial charge in [0.15, 0.2) is 0 Å². The monoisotopic (exact) mass is 948 g/mol. The van der Waals surface area contributed by atoms with E-state index in [1.165, 1.54) is 24.3 Å². The largest absolute Gasteiger partial charge is 0.425 e. The molecule has 372 valence electrons. The fourth-order valence-electron chi connectivity index (χ4n) is 7.90. The van der Waals surface area contributed by atoms with E-state index in [0.29, 0.717) is 123 Å². The molecule has 0 bridgehead atoms. The summed E-state index contributed by atoms with van der Waals surface area (Å²) in [5.74, 6) is -0.236. The molecule has 1 atom stereocenters. The van der Waals surface area contributed by atoms with Crippen molar-refractivity contribution in [1.29, 1.82) is 0 Å². The lowest BCUT2D eigenvalue weighted by atomic mass is 10.0. The summed E-state index contributed by atoms with van der Waals surface area (Å²) in [5.41, 5.74) is 1.10. The van der Waals surface area contributed by atoms with Gasteiger partial charge in [-0.1, -0.05) is 43.3 Å². The third-order valence-electron chi connectivity index (χ3n) is 12.1. The molecule has 0 radical (unpaired) electrons. The zero-order valence-electron chi connectivity index (χ0n) is 39.5. The Bertz CT molecular complexity index is 2380. The summed E-state index contributed by atoms with van der Waals surface area (Å²) in [5, 5.41) is 35.5. The summed E-state index contributed by atoms with van der Waals surface area (Å²) in [6.07, 6.45) is 2.06. The second-order valence-electron chi connectivity index (χ2n) is 16.8. The molecule has 0 saturated carbocycles. The highest BCUT2D eigenvalue weighted by atomic mass is 16.5. The molecule has 4 aromatic rings. The van der Waals surface area contributed by atoms with E-state index >= 15 is 0 Å². The molecule has 1 fully saturated rings. The fourth-order valence-corrected chi connectivity index (χ4v) is 7.90. The maximum atomic E-state index is 13.4. The Balaban J connectivity index is 1.33. The van der Waals surface area contributed by atoms with Crippen LogP contribution >= 0.6 is 0 Å². The maximum absolute atomic E-state index is 13.4. The van der Waals surface area contributed by atoms with Crippen molar-refractivity contribution >= 4 is 5.91 Å². The highest BCUT2D eigenvalue weighted by Crippen LogP contribution is 2.26. The molecule has 1 aliphatic rings. The van der Waals surface area contributed by atoms with Gasteiger partial charge in [0.05, 0.1) is 62.8 Å². The number of hydrogen-bond acceptors (Lipinski definition) is 15. The van der Waals surface area contributed by atoms with E-state index in [0.717, 1.165) is 24.1 Å². The van der Waals surface area contributed by atoms with E-state index in [1.807, 2.05) is 6.07 Å². The van der Waals surface area contributed by atoms with Crippen molar-refractivity contribution in [2.75, 3.05) is 98.5 Å². The summed E-state index contributed by atoms with van der Waals surface area (Å²) in [7, 11) is 1.72. The predicted octanol–water partition coefficient (Wildman–Crippen LogP) is 1.75. The number of amides is 1. The Kier molecular flexibility index (Phi) is 21.7. The van der Waals surface area contributed by atoms with Crippen molar-refractivity contribution in [3.8, 4) is 0 Å². The van der Waals surface area contributed by atoms with Crippen LogP contribution in [0.1, 0.15) is 61.4 Å². The average Bonchev–Trinajstić information content (AvgIpc) is 3.32. The number of aromatic nitrogens is 4. The van der Waals surface area contributed by atoms with E-state index in [2.05, 4.69) is 38.4 Å². The summed E-state index contributed by atoms with van der Waals surface area (Å²) in [6, 6.07) is 18.0. The first kappa shape index (κ1) is 53.1. The lowest BCUT2D eigenvalue weighted by molar-refractivity contribution is -0.121. The van der Waals surface area contributed by atoms with Crippen LogP contribution in [0.4, 0.5) is 0 Å². The molecule has 0 aromatic carbocycles. The highest BCUT2D eigenvalue weighted by Gasteiger charge is 2.27. The number of hydrogen-bond donors (Lipinski definition) is 4. The molecule has 20 heteroatoms. The Labute approximate surface area is 396 Å². The van der Waals surface area contributed by atoms with Gasteiger partial charge in [-0.25, -0.2) is 0 Å². The number of rotatable bonds is 24. The molecule has 4 N–H and O–H groups in total. The van der Waals surface area contributed by atoms with Crippen LogP contribution in [-0.2, 0) is 45.7 Å². The second kappa shape index (κ2) is 27.8. The van der Waals surface area contributed by atoms with Crippen LogP contribution in [0.3, 0.4) is 0 Å². The maximum Gasteiger partial charge on any atom is 0.283 e. The second-order valence-corrected chi connectivity index (χ2v) is 16.8. The van der Waals surface area contributed by atoms with Crippen molar-refractivity contribution in [3.63, 3.8) is 0 Å². The lowest BCUT2D eigenvalue weighted by Crippen LogP contribution is -2.47. The molecule has 5 rings (SSSR count). The van der Waals surface area contributed by atoms with E-state index in [1.54, 1.807) is 54.1 Å². The third kappa shape index (κ3) is 16.7. The quantitative estimate of drug-likeness (QED) is 0.0447. The summed E-state index contributed by atoms with van der Waals surface area (Å²) >= 11 is 0. The van der Waals surface area contributed by atoms with Crippen molar-refractivity contribution < 1.29 is 34.6 Å². The molecule has 68 heavy (non-hydrogen) atoms.